The molecule has 18 heavy (non-hydrogen) atoms. The van der Waals surface area contributed by atoms with Crippen LogP contribution in [-0.4, -0.2) is 17.8 Å². The lowest BCUT2D eigenvalue weighted by Gasteiger charge is -2.19. The van der Waals surface area contributed by atoms with Crippen LogP contribution in [0.5, 0.6) is 0 Å². The first-order chi connectivity index (χ1) is 8.74. The normalized spacial score (nSPS) is 30.7. The molecule has 3 unspecified atom stereocenters. The Morgan fingerprint density at radius 3 is 2.94 bits per heavy atom. The zero-order valence-electron chi connectivity index (χ0n) is 10.5. The number of aryl methyl sites for hydroxylation is 1. The van der Waals surface area contributed by atoms with Gasteiger partial charge in [0.2, 0.25) is 0 Å². The second kappa shape index (κ2) is 5.20. The monoisotopic (exact) mass is 265 g/mol. The van der Waals surface area contributed by atoms with Crippen molar-refractivity contribution in [3.8, 4) is 0 Å². The van der Waals surface area contributed by atoms with E-state index >= 15 is 0 Å². The average Bonchev–Trinajstić information content (AvgIpc) is 2.93. The summed E-state index contributed by atoms with van der Waals surface area (Å²) in [5.41, 5.74) is 2.78. The van der Waals surface area contributed by atoms with Gasteiger partial charge in [0.25, 0.3) is 0 Å². The van der Waals surface area contributed by atoms with Gasteiger partial charge in [0, 0.05) is 17.6 Å². The molecule has 98 valence electrons. The Kier molecular flexibility index (Phi) is 3.60. The summed E-state index contributed by atoms with van der Waals surface area (Å²) in [5, 5.41) is 14.3. The van der Waals surface area contributed by atoms with Crippen LogP contribution in [0.15, 0.2) is 18.2 Å². The molecule has 0 amide bonds. The number of hydrogen-bond donors (Lipinski definition) is 2. The molecule has 2 N–H and O–H groups in total. The van der Waals surface area contributed by atoms with Crippen LogP contribution in [0.2, 0.25) is 5.02 Å². The molecular formula is C15H20ClNO. The summed E-state index contributed by atoms with van der Waals surface area (Å²) in [5.74, 6) is 0.446. The maximum Gasteiger partial charge on any atom is 0.0580 e. The molecular weight excluding hydrogens is 246 g/mol. The molecule has 2 aliphatic rings. The van der Waals surface area contributed by atoms with E-state index < -0.39 is 0 Å². The Morgan fingerprint density at radius 1 is 1.28 bits per heavy atom. The zero-order chi connectivity index (χ0) is 12.5. The van der Waals surface area contributed by atoms with Gasteiger partial charge in [-0.3, -0.25) is 0 Å². The highest BCUT2D eigenvalue weighted by Crippen LogP contribution is 2.33. The van der Waals surface area contributed by atoms with Crippen LogP contribution < -0.4 is 5.32 Å². The number of halogens is 1. The number of aliphatic hydroxyl groups excluding tert-OH is 1. The Labute approximate surface area is 113 Å². The minimum atomic E-state index is -0.0939. The molecule has 1 aromatic rings. The van der Waals surface area contributed by atoms with E-state index in [0.29, 0.717) is 12.0 Å². The predicted octanol–water partition coefficient (Wildman–Crippen LogP) is 3.08. The molecule has 3 heteroatoms. The molecule has 0 heterocycles. The van der Waals surface area contributed by atoms with Crippen molar-refractivity contribution in [3.63, 3.8) is 0 Å². The van der Waals surface area contributed by atoms with Crippen molar-refractivity contribution in [3.05, 3.63) is 34.3 Å². The fraction of sp³-hybridized carbons (Fsp3) is 0.600. The number of aliphatic hydroxyl groups is 1. The number of hydrogen-bond acceptors (Lipinski definition) is 2. The Hall–Kier alpha value is -0.570. The SMILES string of the molecule is OC1CCCC1CNC1CCc2cc(Cl)ccc21. The van der Waals surface area contributed by atoms with Gasteiger partial charge in [0.05, 0.1) is 6.10 Å². The van der Waals surface area contributed by atoms with Gasteiger partial charge in [0.15, 0.2) is 0 Å². The highest BCUT2D eigenvalue weighted by Gasteiger charge is 2.27. The fourth-order valence-corrected chi connectivity index (χ4v) is 3.54. The highest BCUT2D eigenvalue weighted by atomic mass is 35.5. The maximum absolute atomic E-state index is 9.84. The minimum absolute atomic E-state index is 0.0939. The van der Waals surface area contributed by atoms with E-state index in [0.717, 1.165) is 37.3 Å². The molecule has 0 spiro atoms. The lowest BCUT2D eigenvalue weighted by atomic mass is 10.0. The Balaban J connectivity index is 1.62. The number of benzene rings is 1. The summed E-state index contributed by atoms with van der Waals surface area (Å²) in [6.45, 7) is 0.938. The third-order valence-electron chi connectivity index (χ3n) is 4.43. The van der Waals surface area contributed by atoms with E-state index in [4.69, 9.17) is 11.6 Å². The van der Waals surface area contributed by atoms with Crippen LogP contribution in [0, 0.1) is 5.92 Å². The molecule has 0 bridgehead atoms. The molecule has 1 fully saturated rings. The first-order valence-electron chi connectivity index (χ1n) is 6.94. The van der Waals surface area contributed by atoms with E-state index in [-0.39, 0.29) is 6.10 Å². The van der Waals surface area contributed by atoms with Gasteiger partial charge in [-0.05, 0) is 54.9 Å². The number of nitrogens with one attached hydrogen (secondary N) is 1. The first kappa shape index (κ1) is 12.5. The zero-order valence-corrected chi connectivity index (χ0v) is 11.3. The van der Waals surface area contributed by atoms with Crippen LogP contribution in [0.4, 0.5) is 0 Å². The molecule has 1 saturated carbocycles. The summed E-state index contributed by atoms with van der Waals surface area (Å²) < 4.78 is 0. The van der Waals surface area contributed by atoms with Crippen LogP contribution in [-0.2, 0) is 6.42 Å². The predicted molar refractivity (Wildman–Crippen MR) is 73.9 cm³/mol. The molecule has 3 atom stereocenters. The summed E-state index contributed by atoms with van der Waals surface area (Å²) in [4.78, 5) is 0. The summed E-state index contributed by atoms with van der Waals surface area (Å²) in [7, 11) is 0. The van der Waals surface area contributed by atoms with Gasteiger partial charge in [0.1, 0.15) is 0 Å². The molecule has 2 aliphatic carbocycles. The van der Waals surface area contributed by atoms with Crippen molar-refractivity contribution in [2.75, 3.05) is 6.54 Å². The number of rotatable bonds is 3. The average molecular weight is 266 g/mol. The van der Waals surface area contributed by atoms with Gasteiger partial charge in [-0.15, -0.1) is 0 Å². The summed E-state index contributed by atoms with van der Waals surface area (Å²) in [6.07, 6.45) is 5.48. The Bertz CT molecular complexity index is 435. The van der Waals surface area contributed by atoms with E-state index in [9.17, 15) is 5.11 Å². The van der Waals surface area contributed by atoms with Crippen LogP contribution in [0.25, 0.3) is 0 Å². The van der Waals surface area contributed by atoms with E-state index in [1.165, 1.54) is 17.5 Å². The van der Waals surface area contributed by atoms with E-state index in [1.54, 1.807) is 0 Å². The lowest BCUT2D eigenvalue weighted by Crippen LogP contribution is -2.30. The highest BCUT2D eigenvalue weighted by molar-refractivity contribution is 6.30. The minimum Gasteiger partial charge on any atom is -0.393 e. The van der Waals surface area contributed by atoms with E-state index in [1.807, 2.05) is 6.07 Å². The third-order valence-corrected chi connectivity index (χ3v) is 4.66. The fourth-order valence-electron chi connectivity index (χ4n) is 3.35. The molecule has 0 aliphatic heterocycles. The van der Waals surface area contributed by atoms with Crippen molar-refractivity contribution in [2.24, 2.45) is 5.92 Å². The van der Waals surface area contributed by atoms with Gasteiger partial charge in [-0.25, -0.2) is 0 Å². The second-order valence-electron chi connectivity index (χ2n) is 5.60. The molecule has 3 rings (SSSR count). The molecule has 2 nitrogen and oxygen atoms in total. The maximum atomic E-state index is 9.84. The van der Waals surface area contributed by atoms with Gasteiger partial charge < -0.3 is 10.4 Å². The largest absolute Gasteiger partial charge is 0.393 e. The standard InChI is InChI=1S/C15H20ClNO/c16-12-5-6-13-10(8-12)4-7-14(13)17-9-11-2-1-3-15(11)18/h5-6,8,11,14-15,17-18H,1-4,7,9H2. The quantitative estimate of drug-likeness (QED) is 0.880. The van der Waals surface area contributed by atoms with Crippen molar-refractivity contribution in [1.29, 1.82) is 0 Å². The second-order valence-corrected chi connectivity index (χ2v) is 6.04. The van der Waals surface area contributed by atoms with Crippen molar-refractivity contribution >= 4 is 11.6 Å². The first-order valence-corrected chi connectivity index (χ1v) is 7.31. The molecule has 0 saturated heterocycles. The molecule has 1 aromatic carbocycles. The van der Waals surface area contributed by atoms with Crippen LogP contribution in [0.1, 0.15) is 42.9 Å². The summed E-state index contributed by atoms with van der Waals surface area (Å²) in [6, 6.07) is 6.66. The van der Waals surface area contributed by atoms with Gasteiger partial charge >= 0.3 is 0 Å². The number of fused-ring (bicyclic) bond motifs is 1. The molecule has 0 aromatic heterocycles. The van der Waals surface area contributed by atoms with Gasteiger partial charge in [-0.1, -0.05) is 24.1 Å². The van der Waals surface area contributed by atoms with Crippen molar-refractivity contribution in [2.45, 2.75) is 44.2 Å². The van der Waals surface area contributed by atoms with Crippen molar-refractivity contribution in [1.82, 2.24) is 5.32 Å². The Morgan fingerprint density at radius 2 is 2.17 bits per heavy atom. The lowest BCUT2D eigenvalue weighted by molar-refractivity contribution is 0.130. The summed E-state index contributed by atoms with van der Waals surface area (Å²) >= 11 is 6.02. The van der Waals surface area contributed by atoms with Crippen LogP contribution >= 0.6 is 11.6 Å². The third kappa shape index (κ3) is 2.42. The van der Waals surface area contributed by atoms with Crippen LogP contribution in [0.3, 0.4) is 0 Å². The van der Waals surface area contributed by atoms with E-state index in [2.05, 4.69) is 17.4 Å². The molecule has 0 radical (unpaired) electrons. The van der Waals surface area contributed by atoms with Gasteiger partial charge in [-0.2, -0.15) is 0 Å². The topological polar surface area (TPSA) is 32.3 Å². The smallest absolute Gasteiger partial charge is 0.0580 e. The van der Waals surface area contributed by atoms with Crippen molar-refractivity contribution < 1.29 is 5.11 Å².